The first-order valence-electron chi connectivity index (χ1n) is 21.3. The molecule has 2 aromatic carbocycles. The number of piperazine rings is 2. The van der Waals surface area contributed by atoms with Crippen LogP contribution in [-0.2, 0) is 39.0 Å². The predicted octanol–water partition coefficient (Wildman–Crippen LogP) is 7.24. The fraction of sp³-hybridized carbons (Fsp3) is 0.619. The van der Waals surface area contributed by atoms with Gasteiger partial charge in [0.15, 0.2) is 0 Å². The van der Waals surface area contributed by atoms with Crippen molar-refractivity contribution in [2.24, 2.45) is 0 Å². The lowest BCUT2D eigenvalue weighted by Crippen LogP contribution is -2.48. The van der Waals surface area contributed by atoms with Crippen molar-refractivity contribution in [2.45, 2.75) is 105 Å². The predicted molar refractivity (Wildman–Crippen MR) is 262 cm³/mol. The van der Waals surface area contributed by atoms with Crippen LogP contribution in [0.5, 0.6) is 0 Å². The molecule has 4 amide bonds. The minimum atomic E-state index is -3.33. The Morgan fingerprint density at radius 3 is 1.19 bits per heavy atom. The molecule has 0 saturated carbocycles. The number of sulfonamides is 2. The highest BCUT2D eigenvalue weighted by atomic mass is 79.9. The van der Waals surface area contributed by atoms with Crippen LogP contribution in [0.2, 0.25) is 0 Å². The summed E-state index contributed by atoms with van der Waals surface area (Å²) in [6.07, 6.45) is -1.97. The van der Waals surface area contributed by atoms with Crippen molar-refractivity contribution < 1.29 is 64.8 Å². The molecule has 69 heavy (non-hydrogen) atoms. The maximum atomic E-state index is 12.9. The highest BCUT2D eigenvalue weighted by Gasteiger charge is 2.39. The van der Waals surface area contributed by atoms with Crippen molar-refractivity contribution >= 4 is 88.8 Å². The molecule has 2 aliphatic rings. The second kappa shape index (κ2) is 23.6. The second-order valence-electron chi connectivity index (χ2n) is 19.5. The molecular formula is C42H65BrN8O16S2. The summed E-state index contributed by atoms with van der Waals surface area (Å²) in [5.74, 6) is 0. The van der Waals surface area contributed by atoms with E-state index in [2.05, 4.69) is 21.2 Å². The summed E-state index contributed by atoms with van der Waals surface area (Å²) < 4.78 is 69.5. The lowest BCUT2D eigenvalue weighted by atomic mass is 10.2. The van der Waals surface area contributed by atoms with Gasteiger partial charge in [-0.15, -0.1) is 0 Å². The molecule has 2 saturated heterocycles. The normalized spacial score (nSPS) is 15.2. The highest BCUT2D eigenvalue weighted by molar-refractivity contribution is 9.10. The zero-order valence-corrected chi connectivity index (χ0v) is 44.7. The number of rotatable bonds is 7. The van der Waals surface area contributed by atoms with Gasteiger partial charge in [-0.05, 0) is 107 Å². The van der Waals surface area contributed by atoms with E-state index >= 15 is 0 Å². The van der Waals surface area contributed by atoms with E-state index in [1.807, 2.05) is 0 Å². The Morgan fingerprint density at radius 2 is 0.884 bits per heavy atom. The number of hydrogen-bond acceptors (Lipinski definition) is 18. The van der Waals surface area contributed by atoms with Gasteiger partial charge in [-0.1, -0.05) is 15.9 Å². The Kier molecular flexibility index (Phi) is 20.5. The van der Waals surface area contributed by atoms with Crippen LogP contribution in [0.25, 0.3) is 0 Å². The standard InChI is InChI=1S/C21H32N4O8S.C16H21BrN2O6.C5H12N2O2S/c1-20(2,3)32-18(26)24(19(27)33-21(4,5)6)16-9-8-15(14-17(16)25(28)29)22-10-12-23(13-11-22)34(7,30)31;1-15(2,3)24-13(20)18(14(21)25-16(4,5)6)11-8-7-10(17)9-12(11)19(22)23;1-10(8,9)7-4-2-6-3-5-7/h8-9,14H,10-13H2,1-7H3;7-9H,1-6H3;6H,2-5H2,1H3. The van der Waals surface area contributed by atoms with Gasteiger partial charge in [-0.3, -0.25) is 20.2 Å². The van der Waals surface area contributed by atoms with Gasteiger partial charge in [0.1, 0.15) is 33.8 Å². The third-order valence-corrected chi connectivity index (χ3v) is 11.8. The molecule has 2 aromatic rings. The molecule has 0 aliphatic carbocycles. The van der Waals surface area contributed by atoms with Crippen LogP contribution in [0.4, 0.5) is 47.6 Å². The first-order chi connectivity index (χ1) is 31.2. The highest BCUT2D eigenvalue weighted by Crippen LogP contribution is 2.36. The number of nitro benzene ring substituents is 2. The van der Waals surface area contributed by atoms with Crippen molar-refractivity contribution in [1.29, 1.82) is 0 Å². The molecule has 0 radical (unpaired) electrons. The van der Waals surface area contributed by atoms with Gasteiger partial charge < -0.3 is 29.2 Å². The second-order valence-corrected chi connectivity index (χ2v) is 24.4. The van der Waals surface area contributed by atoms with E-state index in [4.69, 9.17) is 18.9 Å². The van der Waals surface area contributed by atoms with Gasteiger partial charge >= 0.3 is 24.4 Å². The Labute approximate surface area is 412 Å². The number of nitrogens with zero attached hydrogens (tertiary/aromatic N) is 7. The van der Waals surface area contributed by atoms with Crippen LogP contribution < -0.4 is 20.0 Å². The third-order valence-electron chi connectivity index (χ3n) is 8.69. The summed E-state index contributed by atoms with van der Waals surface area (Å²) >= 11 is 3.13. The van der Waals surface area contributed by atoms with Gasteiger partial charge in [-0.2, -0.15) is 18.4 Å². The van der Waals surface area contributed by atoms with Gasteiger partial charge in [0.2, 0.25) is 20.0 Å². The number of ether oxygens (including phenoxy) is 4. The van der Waals surface area contributed by atoms with E-state index in [-0.39, 0.29) is 24.5 Å². The zero-order valence-electron chi connectivity index (χ0n) is 41.5. The number of halogens is 1. The Balaban J connectivity index is 0.000000405. The van der Waals surface area contributed by atoms with Gasteiger partial charge in [0.05, 0.1) is 22.4 Å². The molecule has 2 heterocycles. The number of anilines is 3. The summed E-state index contributed by atoms with van der Waals surface area (Å²) in [5.41, 5.74) is -4.76. The molecule has 0 bridgehead atoms. The van der Waals surface area contributed by atoms with Crippen LogP contribution in [0.1, 0.15) is 83.1 Å². The lowest BCUT2D eigenvalue weighted by molar-refractivity contribution is -0.384. The molecule has 0 unspecified atom stereocenters. The molecule has 2 aliphatic heterocycles. The van der Waals surface area contributed by atoms with Crippen LogP contribution in [0, 0.1) is 20.2 Å². The maximum Gasteiger partial charge on any atom is 0.424 e. The molecule has 0 spiro atoms. The summed E-state index contributed by atoms with van der Waals surface area (Å²) in [4.78, 5) is 75.5. The van der Waals surface area contributed by atoms with Gasteiger partial charge in [0, 0.05) is 74.7 Å². The fourth-order valence-electron chi connectivity index (χ4n) is 5.90. The molecule has 27 heteroatoms. The largest absolute Gasteiger partial charge is 0.443 e. The third kappa shape index (κ3) is 20.3. The van der Waals surface area contributed by atoms with Crippen molar-refractivity contribution in [2.75, 3.05) is 79.6 Å². The summed E-state index contributed by atoms with van der Waals surface area (Å²) in [6.45, 7) is 23.2. The van der Waals surface area contributed by atoms with E-state index in [1.165, 1.54) is 51.3 Å². The van der Waals surface area contributed by atoms with Crippen LogP contribution >= 0.6 is 15.9 Å². The average Bonchev–Trinajstić information content (AvgIpc) is 3.16. The van der Waals surface area contributed by atoms with Crippen molar-refractivity contribution in [3.8, 4) is 0 Å². The van der Waals surface area contributed by atoms with Crippen LogP contribution in [0.15, 0.2) is 40.9 Å². The Morgan fingerprint density at radius 1 is 0.565 bits per heavy atom. The van der Waals surface area contributed by atoms with E-state index in [9.17, 15) is 56.2 Å². The molecule has 4 rings (SSSR count). The summed E-state index contributed by atoms with van der Waals surface area (Å²) in [7, 11) is -6.26. The van der Waals surface area contributed by atoms with Crippen molar-refractivity contribution in [3.63, 3.8) is 0 Å². The van der Waals surface area contributed by atoms with Crippen molar-refractivity contribution in [1.82, 2.24) is 13.9 Å². The minimum Gasteiger partial charge on any atom is -0.443 e. The number of hydrogen-bond donors (Lipinski definition) is 1. The number of amides is 4. The summed E-state index contributed by atoms with van der Waals surface area (Å²) in [5, 5.41) is 26.4. The molecule has 2 fully saturated rings. The summed E-state index contributed by atoms with van der Waals surface area (Å²) in [6, 6.07) is 7.99. The van der Waals surface area contributed by atoms with E-state index in [1.54, 1.807) is 88.0 Å². The number of nitrogens with one attached hydrogen (secondary N) is 1. The first kappa shape index (κ1) is 59.9. The number of carbonyl (C=O) groups is 4. The Bertz CT molecular complexity index is 2360. The molecule has 1 N–H and O–H groups in total. The fourth-order valence-corrected chi connectivity index (χ4v) is 7.92. The molecular weight excluding hydrogens is 1020 g/mol. The Hall–Kier alpha value is -5.22. The topological polar surface area (TPSA) is 288 Å². The smallest absolute Gasteiger partial charge is 0.424 e. The molecule has 0 atom stereocenters. The maximum absolute atomic E-state index is 12.9. The average molecular weight is 1080 g/mol. The molecule has 0 aromatic heterocycles. The monoisotopic (exact) mass is 1080 g/mol. The lowest BCUT2D eigenvalue weighted by Gasteiger charge is -2.35. The number of imide groups is 2. The van der Waals surface area contributed by atoms with E-state index in [0.717, 1.165) is 19.3 Å². The van der Waals surface area contributed by atoms with E-state index in [0.29, 0.717) is 46.1 Å². The van der Waals surface area contributed by atoms with Crippen LogP contribution in [-0.4, -0.2) is 147 Å². The SMILES string of the molecule is CC(C)(C)OC(=O)N(C(=O)OC(C)(C)C)c1ccc(Br)cc1[N+](=O)[O-].CC(C)(C)OC(=O)N(C(=O)OC(C)(C)C)c1ccc(N2CCN(S(C)(=O)=O)CC2)cc1[N+](=O)[O-].CS(=O)(=O)N1CCNCC1. The molecule has 24 nitrogen and oxygen atoms in total. The number of carbonyl (C=O) groups excluding carboxylic acids is 4. The number of benzene rings is 2. The van der Waals surface area contributed by atoms with Crippen molar-refractivity contribution in [3.05, 3.63) is 61.1 Å². The van der Waals surface area contributed by atoms with E-state index < -0.39 is 88.0 Å². The zero-order chi connectivity index (χ0) is 53.2. The van der Waals surface area contributed by atoms with Crippen LogP contribution in [0.3, 0.4) is 0 Å². The minimum absolute atomic E-state index is 0.232. The quantitative estimate of drug-likeness (QED) is 0.162. The number of nitro groups is 2. The first-order valence-corrected chi connectivity index (χ1v) is 25.8. The van der Waals surface area contributed by atoms with Gasteiger partial charge in [-0.25, -0.2) is 36.0 Å². The van der Waals surface area contributed by atoms with Gasteiger partial charge in [0.25, 0.3) is 11.4 Å². The molecule has 388 valence electrons.